The minimum atomic E-state index is -3.92. The zero-order valence-corrected chi connectivity index (χ0v) is 13.0. The van der Waals surface area contributed by atoms with Crippen LogP contribution in [0.4, 0.5) is 0 Å². The Hall–Kier alpha value is -0.130. The van der Waals surface area contributed by atoms with Crippen molar-refractivity contribution in [3.8, 4) is 0 Å². The molecule has 0 aromatic rings. The van der Waals surface area contributed by atoms with E-state index in [4.69, 9.17) is 13.0 Å². The van der Waals surface area contributed by atoms with E-state index in [0.717, 1.165) is 0 Å². The second-order valence-corrected chi connectivity index (χ2v) is 7.02. The summed E-state index contributed by atoms with van der Waals surface area (Å²) in [6.45, 7) is 6.59. The molecule has 0 bridgehead atoms. The number of nitrogens with zero attached hydrogens (tertiary/aromatic N) is 1. The van der Waals surface area contributed by atoms with Crippen molar-refractivity contribution in [1.82, 2.24) is 0 Å². The fraction of sp³-hybridized carbons (Fsp3) is 1.00. The predicted molar refractivity (Wildman–Crippen MR) is 74.4 cm³/mol. The highest BCUT2D eigenvalue weighted by Crippen LogP contribution is 2.17. The molecule has 0 N–H and O–H groups in total. The molecule has 0 amide bonds. The monoisotopic (exact) mass is 279 g/mol. The molecule has 1 fully saturated rings. The summed E-state index contributed by atoms with van der Waals surface area (Å²) in [6.07, 6.45) is 10.7. The molecular formula is C13H29NO3S. The maximum Gasteiger partial charge on any atom is 0.0916 e. The summed E-state index contributed by atoms with van der Waals surface area (Å²) in [7, 11) is -1.47. The van der Waals surface area contributed by atoms with Crippen LogP contribution in [0.1, 0.15) is 51.9 Å². The van der Waals surface area contributed by atoms with Crippen LogP contribution in [0, 0.1) is 0 Å². The van der Waals surface area contributed by atoms with Crippen LogP contribution in [-0.2, 0) is 10.1 Å². The molecular weight excluding hydrogens is 250 g/mol. The van der Waals surface area contributed by atoms with E-state index in [-0.39, 0.29) is 0 Å². The highest BCUT2D eigenvalue weighted by atomic mass is 32.2. The number of piperidine rings is 1. The van der Waals surface area contributed by atoms with Crippen LogP contribution in [0.15, 0.2) is 0 Å². The molecule has 4 nitrogen and oxygen atoms in total. The third kappa shape index (κ3) is 12.3. The van der Waals surface area contributed by atoms with Crippen molar-refractivity contribution in [1.29, 1.82) is 0 Å². The molecule has 110 valence electrons. The van der Waals surface area contributed by atoms with Gasteiger partial charge in [-0.15, -0.1) is 0 Å². The number of unbranched alkanes of at least 4 members (excludes halogenated alkanes) is 3. The first-order chi connectivity index (χ1) is 8.27. The van der Waals surface area contributed by atoms with E-state index in [1.165, 1.54) is 69.1 Å². The van der Waals surface area contributed by atoms with Gasteiger partial charge in [0.2, 0.25) is 0 Å². The molecule has 0 unspecified atom stereocenters. The first kappa shape index (κ1) is 17.9. The van der Waals surface area contributed by atoms with Crippen molar-refractivity contribution in [3.05, 3.63) is 0 Å². The lowest BCUT2D eigenvalue weighted by Gasteiger charge is -2.37. The third-order valence-electron chi connectivity index (χ3n) is 3.45. The summed E-state index contributed by atoms with van der Waals surface area (Å²) in [4.78, 5) is 0. The van der Waals surface area contributed by atoms with Crippen LogP contribution in [0.3, 0.4) is 0 Å². The van der Waals surface area contributed by atoms with E-state index in [1.54, 1.807) is 0 Å². The van der Waals surface area contributed by atoms with Gasteiger partial charge < -0.3 is 9.04 Å². The highest BCUT2D eigenvalue weighted by Gasteiger charge is 2.23. The molecule has 1 aliphatic rings. The Bertz CT molecular complexity index is 287. The molecule has 0 aliphatic carbocycles. The number of rotatable bonds is 5. The Labute approximate surface area is 113 Å². The van der Waals surface area contributed by atoms with E-state index in [0.29, 0.717) is 6.26 Å². The summed E-state index contributed by atoms with van der Waals surface area (Å²) in [5.74, 6) is 0. The zero-order chi connectivity index (χ0) is 14.1. The maximum atomic E-state index is 9.08. The second kappa shape index (κ2) is 8.88. The first-order valence-corrected chi connectivity index (χ1v) is 8.83. The minimum Gasteiger partial charge on any atom is -0.748 e. The van der Waals surface area contributed by atoms with Crippen LogP contribution in [0.25, 0.3) is 0 Å². The smallest absolute Gasteiger partial charge is 0.0916 e. The molecule has 0 aromatic carbocycles. The van der Waals surface area contributed by atoms with Gasteiger partial charge in [-0.05, 0) is 32.1 Å². The summed E-state index contributed by atoms with van der Waals surface area (Å²) in [5.41, 5.74) is 0. The normalized spacial score (nSPS) is 18.9. The Morgan fingerprint density at radius 1 is 1.06 bits per heavy atom. The lowest BCUT2D eigenvalue weighted by molar-refractivity contribution is -0.914. The van der Waals surface area contributed by atoms with Crippen molar-refractivity contribution >= 4 is 10.1 Å². The largest absolute Gasteiger partial charge is 0.748 e. The van der Waals surface area contributed by atoms with E-state index in [2.05, 4.69) is 14.0 Å². The van der Waals surface area contributed by atoms with Gasteiger partial charge in [-0.2, -0.15) is 0 Å². The van der Waals surface area contributed by atoms with Crippen molar-refractivity contribution in [3.63, 3.8) is 0 Å². The molecule has 0 aromatic heterocycles. The van der Waals surface area contributed by atoms with Gasteiger partial charge in [0.1, 0.15) is 0 Å². The van der Waals surface area contributed by atoms with Crippen LogP contribution in [-0.4, -0.2) is 50.4 Å². The molecule has 1 heterocycles. The lowest BCUT2D eigenvalue weighted by Crippen LogP contribution is -2.48. The first-order valence-electron chi connectivity index (χ1n) is 7.01. The molecule has 0 radical (unpaired) electrons. The van der Waals surface area contributed by atoms with Crippen LogP contribution >= 0.6 is 0 Å². The molecule has 1 saturated heterocycles. The fourth-order valence-electron chi connectivity index (χ4n) is 2.42. The van der Waals surface area contributed by atoms with Gasteiger partial charge in [-0.3, -0.25) is 0 Å². The highest BCUT2D eigenvalue weighted by molar-refractivity contribution is 7.84. The molecule has 18 heavy (non-hydrogen) atoms. The van der Waals surface area contributed by atoms with Gasteiger partial charge in [0, 0.05) is 6.26 Å². The summed E-state index contributed by atoms with van der Waals surface area (Å²) in [6, 6.07) is 0. The van der Waals surface area contributed by atoms with Crippen molar-refractivity contribution in [2.45, 2.75) is 51.9 Å². The molecule has 1 aliphatic heterocycles. The molecule has 0 spiro atoms. The molecule has 0 atom stereocenters. The SMILES string of the molecule is CCCCCC[N+]1(C)CCCCC1.CS(=O)(=O)[O-]. The average Bonchev–Trinajstić information content (AvgIpc) is 2.23. The average molecular weight is 279 g/mol. The number of hydrogen-bond acceptors (Lipinski definition) is 3. The van der Waals surface area contributed by atoms with E-state index < -0.39 is 10.1 Å². The van der Waals surface area contributed by atoms with Gasteiger partial charge in [0.25, 0.3) is 0 Å². The minimum absolute atomic E-state index is 0.604. The van der Waals surface area contributed by atoms with Gasteiger partial charge in [-0.25, -0.2) is 8.42 Å². The number of likely N-dealkylation sites (tertiary alicyclic amines) is 1. The second-order valence-electron chi connectivity index (χ2n) is 5.62. The lowest BCUT2D eigenvalue weighted by atomic mass is 10.1. The molecule has 5 heteroatoms. The fourth-order valence-corrected chi connectivity index (χ4v) is 2.42. The maximum absolute atomic E-state index is 9.08. The Morgan fingerprint density at radius 2 is 1.56 bits per heavy atom. The standard InChI is InChI=1S/C12H26N.CH4O3S/c1-3-4-5-7-10-13(2)11-8-6-9-12-13;1-5(2,3)4/h3-12H2,1-2H3;1H3,(H,2,3,4)/q+1;/p-1. The van der Waals surface area contributed by atoms with Crippen molar-refractivity contribution < 1.29 is 17.5 Å². The van der Waals surface area contributed by atoms with Gasteiger partial charge in [-0.1, -0.05) is 19.8 Å². The van der Waals surface area contributed by atoms with Crippen molar-refractivity contribution in [2.24, 2.45) is 0 Å². The summed E-state index contributed by atoms with van der Waals surface area (Å²) < 4.78 is 28.6. The van der Waals surface area contributed by atoms with E-state index >= 15 is 0 Å². The summed E-state index contributed by atoms with van der Waals surface area (Å²) in [5, 5.41) is 0. The Morgan fingerprint density at radius 3 is 2.00 bits per heavy atom. The quantitative estimate of drug-likeness (QED) is 0.441. The zero-order valence-electron chi connectivity index (χ0n) is 12.2. The molecule has 1 rings (SSSR count). The topological polar surface area (TPSA) is 57.2 Å². The Kier molecular flexibility index (Phi) is 8.82. The van der Waals surface area contributed by atoms with Gasteiger partial charge >= 0.3 is 0 Å². The predicted octanol–water partition coefficient (Wildman–Crippen LogP) is 2.36. The number of quaternary nitrogens is 1. The van der Waals surface area contributed by atoms with Crippen LogP contribution < -0.4 is 0 Å². The molecule has 0 saturated carbocycles. The summed E-state index contributed by atoms with van der Waals surface area (Å²) >= 11 is 0. The van der Waals surface area contributed by atoms with E-state index in [9.17, 15) is 0 Å². The van der Waals surface area contributed by atoms with E-state index in [1.807, 2.05) is 0 Å². The van der Waals surface area contributed by atoms with Gasteiger partial charge in [0.15, 0.2) is 0 Å². The number of hydrogen-bond donors (Lipinski definition) is 0. The Balaban J connectivity index is 0.000000494. The van der Waals surface area contributed by atoms with Crippen LogP contribution in [0.2, 0.25) is 0 Å². The van der Waals surface area contributed by atoms with Crippen molar-refractivity contribution in [2.75, 3.05) is 32.9 Å². The van der Waals surface area contributed by atoms with Gasteiger partial charge in [0.05, 0.1) is 36.8 Å². The third-order valence-corrected chi connectivity index (χ3v) is 3.45. The van der Waals surface area contributed by atoms with Crippen LogP contribution in [0.5, 0.6) is 0 Å².